The fourth-order valence-corrected chi connectivity index (χ4v) is 1.81. The van der Waals surface area contributed by atoms with Gasteiger partial charge in [-0.15, -0.1) is 0 Å². The molecule has 0 aromatic carbocycles. The third-order valence-electron chi connectivity index (χ3n) is 2.75. The molecule has 1 fully saturated rings. The summed E-state index contributed by atoms with van der Waals surface area (Å²) >= 11 is 0. The van der Waals surface area contributed by atoms with Crippen LogP contribution in [0.4, 0.5) is 0 Å². The molecule has 5 nitrogen and oxygen atoms in total. The molecule has 1 aliphatic heterocycles. The zero-order valence-corrected chi connectivity index (χ0v) is 8.98. The molecule has 0 aromatic heterocycles. The molecule has 5 heteroatoms. The number of likely N-dealkylation sites (tertiary alicyclic amines) is 1. The van der Waals surface area contributed by atoms with Gasteiger partial charge in [0.2, 0.25) is 5.91 Å². The highest BCUT2D eigenvalue weighted by atomic mass is 16.4. The van der Waals surface area contributed by atoms with Gasteiger partial charge in [0, 0.05) is 24.9 Å². The minimum atomic E-state index is -0.790. The van der Waals surface area contributed by atoms with E-state index in [1.165, 1.54) is 0 Å². The van der Waals surface area contributed by atoms with E-state index in [4.69, 9.17) is 10.8 Å². The van der Waals surface area contributed by atoms with Crippen molar-refractivity contribution >= 4 is 11.9 Å². The second kappa shape index (κ2) is 5.11. The second-order valence-corrected chi connectivity index (χ2v) is 4.19. The lowest BCUT2D eigenvalue weighted by Gasteiger charge is -2.40. The van der Waals surface area contributed by atoms with Crippen LogP contribution in [0.25, 0.3) is 0 Å². The number of carbonyl (C=O) groups excluding carboxylic acids is 1. The first-order valence-electron chi connectivity index (χ1n) is 5.25. The summed E-state index contributed by atoms with van der Waals surface area (Å²) in [5.74, 6) is -0.596. The lowest BCUT2D eigenvalue weighted by molar-refractivity contribution is -0.147. The first-order chi connectivity index (χ1) is 7.04. The summed E-state index contributed by atoms with van der Waals surface area (Å²) < 4.78 is 0. The number of aliphatic carboxylic acids is 1. The van der Waals surface area contributed by atoms with Crippen LogP contribution in [-0.4, -0.2) is 41.5 Å². The van der Waals surface area contributed by atoms with E-state index in [1.807, 2.05) is 6.92 Å². The predicted octanol–water partition coefficient (Wildman–Crippen LogP) is -0.0956. The molecule has 0 aromatic rings. The van der Waals surface area contributed by atoms with Gasteiger partial charge in [-0.1, -0.05) is 6.92 Å². The summed E-state index contributed by atoms with van der Waals surface area (Å²) in [6.07, 6.45) is 0.855. The molecule has 1 atom stereocenters. The van der Waals surface area contributed by atoms with Crippen LogP contribution in [0.5, 0.6) is 0 Å². The molecule has 1 amide bonds. The van der Waals surface area contributed by atoms with Crippen LogP contribution in [0.2, 0.25) is 0 Å². The Labute approximate surface area is 89.2 Å². The summed E-state index contributed by atoms with van der Waals surface area (Å²) in [6.45, 7) is 3.54. The first-order valence-corrected chi connectivity index (χ1v) is 5.25. The summed E-state index contributed by atoms with van der Waals surface area (Å²) in [5.41, 5.74) is 5.37. The maximum Gasteiger partial charge on any atom is 0.303 e. The van der Waals surface area contributed by atoms with Gasteiger partial charge in [-0.3, -0.25) is 9.59 Å². The molecule has 1 unspecified atom stereocenters. The lowest BCUT2D eigenvalue weighted by Crippen LogP contribution is -2.52. The molecule has 1 heterocycles. The van der Waals surface area contributed by atoms with Crippen molar-refractivity contribution < 1.29 is 14.7 Å². The fraction of sp³-hybridized carbons (Fsp3) is 0.800. The molecule has 15 heavy (non-hydrogen) atoms. The van der Waals surface area contributed by atoms with Crippen molar-refractivity contribution in [3.63, 3.8) is 0 Å². The van der Waals surface area contributed by atoms with E-state index in [0.717, 1.165) is 0 Å². The number of amides is 1. The van der Waals surface area contributed by atoms with E-state index in [2.05, 4.69) is 0 Å². The van der Waals surface area contributed by atoms with Crippen LogP contribution in [0.3, 0.4) is 0 Å². The highest BCUT2D eigenvalue weighted by molar-refractivity contribution is 5.79. The van der Waals surface area contributed by atoms with Gasteiger partial charge in [0.1, 0.15) is 0 Å². The van der Waals surface area contributed by atoms with Crippen molar-refractivity contribution in [2.45, 2.75) is 19.8 Å². The van der Waals surface area contributed by atoms with Crippen LogP contribution in [0.15, 0.2) is 0 Å². The Kier molecular flexibility index (Phi) is 4.08. The smallest absolute Gasteiger partial charge is 0.303 e. The zero-order chi connectivity index (χ0) is 11.4. The van der Waals surface area contributed by atoms with Crippen LogP contribution < -0.4 is 5.73 Å². The largest absolute Gasteiger partial charge is 0.481 e. The zero-order valence-electron chi connectivity index (χ0n) is 8.98. The molecule has 0 spiro atoms. The molecular formula is C10H18N2O3. The maximum absolute atomic E-state index is 11.7. The van der Waals surface area contributed by atoms with Gasteiger partial charge in [0.05, 0.1) is 6.42 Å². The molecule has 0 aliphatic carbocycles. The Morgan fingerprint density at radius 3 is 2.60 bits per heavy atom. The van der Waals surface area contributed by atoms with Crippen molar-refractivity contribution in [1.29, 1.82) is 0 Å². The molecule has 3 N–H and O–H groups in total. The molecular weight excluding hydrogens is 196 g/mol. The minimum Gasteiger partial charge on any atom is -0.481 e. The highest BCUT2D eigenvalue weighted by Crippen LogP contribution is 2.21. The summed E-state index contributed by atoms with van der Waals surface area (Å²) in [5, 5.41) is 8.55. The van der Waals surface area contributed by atoms with E-state index in [0.29, 0.717) is 26.1 Å². The van der Waals surface area contributed by atoms with E-state index in [-0.39, 0.29) is 24.2 Å². The van der Waals surface area contributed by atoms with Crippen LogP contribution in [0, 0.1) is 11.8 Å². The number of carbonyl (C=O) groups is 2. The Balaban J connectivity index is 2.26. The van der Waals surface area contributed by atoms with Gasteiger partial charge in [-0.25, -0.2) is 0 Å². The molecule has 0 bridgehead atoms. The van der Waals surface area contributed by atoms with Crippen molar-refractivity contribution in [1.82, 2.24) is 4.90 Å². The summed E-state index contributed by atoms with van der Waals surface area (Å²) in [4.78, 5) is 23.8. The average molecular weight is 214 g/mol. The number of carboxylic acid groups (broad SMARTS) is 1. The average Bonchev–Trinajstić information content (AvgIpc) is 2.09. The third-order valence-corrected chi connectivity index (χ3v) is 2.75. The number of nitrogens with two attached hydrogens (primary N) is 1. The van der Waals surface area contributed by atoms with Crippen LogP contribution in [-0.2, 0) is 9.59 Å². The van der Waals surface area contributed by atoms with Crippen molar-refractivity contribution in [2.24, 2.45) is 17.6 Å². The Morgan fingerprint density at radius 2 is 2.13 bits per heavy atom. The first kappa shape index (κ1) is 12.0. The monoisotopic (exact) mass is 214 g/mol. The van der Waals surface area contributed by atoms with Crippen LogP contribution >= 0.6 is 0 Å². The Bertz CT molecular complexity index is 249. The number of rotatable bonds is 5. The minimum absolute atomic E-state index is 0.0409. The van der Waals surface area contributed by atoms with E-state index >= 15 is 0 Å². The van der Waals surface area contributed by atoms with E-state index in [9.17, 15) is 9.59 Å². The van der Waals surface area contributed by atoms with Crippen molar-refractivity contribution in [3.8, 4) is 0 Å². The number of hydrogen-bond donors (Lipinski definition) is 2. The van der Waals surface area contributed by atoms with Gasteiger partial charge in [0.15, 0.2) is 0 Å². The molecule has 1 aliphatic rings. The summed E-state index contributed by atoms with van der Waals surface area (Å²) in [6, 6.07) is 0. The molecule has 86 valence electrons. The van der Waals surface area contributed by atoms with Crippen molar-refractivity contribution in [2.75, 3.05) is 19.6 Å². The van der Waals surface area contributed by atoms with Gasteiger partial charge >= 0.3 is 5.97 Å². The SMILES string of the molecule is CC(CCN)C(=O)N1CC(CC(=O)O)C1. The number of nitrogens with zero attached hydrogens (tertiary/aromatic N) is 1. The van der Waals surface area contributed by atoms with Gasteiger partial charge in [0.25, 0.3) is 0 Å². The highest BCUT2D eigenvalue weighted by Gasteiger charge is 2.33. The Hall–Kier alpha value is -1.10. The number of hydrogen-bond acceptors (Lipinski definition) is 3. The normalized spacial score (nSPS) is 18.4. The predicted molar refractivity (Wildman–Crippen MR) is 55.2 cm³/mol. The molecule has 0 radical (unpaired) electrons. The van der Waals surface area contributed by atoms with Crippen molar-refractivity contribution in [3.05, 3.63) is 0 Å². The van der Waals surface area contributed by atoms with Gasteiger partial charge < -0.3 is 15.7 Å². The fourth-order valence-electron chi connectivity index (χ4n) is 1.81. The molecule has 0 saturated carbocycles. The second-order valence-electron chi connectivity index (χ2n) is 4.19. The quantitative estimate of drug-likeness (QED) is 0.669. The maximum atomic E-state index is 11.7. The third kappa shape index (κ3) is 3.20. The van der Waals surface area contributed by atoms with E-state index < -0.39 is 5.97 Å². The molecule has 1 saturated heterocycles. The number of carboxylic acids is 1. The van der Waals surface area contributed by atoms with E-state index in [1.54, 1.807) is 4.90 Å². The summed E-state index contributed by atoms with van der Waals surface area (Å²) in [7, 11) is 0. The lowest BCUT2D eigenvalue weighted by atomic mass is 9.94. The molecule has 1 rings (SSSR count). The topological polar surface area (TPSA) is 83.6 Å². The Morgan fingerprint density at radius 1 is 1.53 bits per heavy atom. The van der Waals surface area contributed by atoms with Gasteiger partial charge in [-0.2, -0.15) is 0 Å². The van der Waals surface area contributed by atoms with Crippen LogP contribution in [0.1, 0.15) is 19.8 Å². The van der Waals surface area contributed by atoms with Gasteiger partial charge in [-0.05, 0) is 13.0 Å². The standard InChI is InChI=1S/C10H18N2O3/c1-7(2-3-11)10(15)12-5-8(6-12)4-9(13)14/h7-8H,2-6,11H2,1H3,(H,13,14).